The summed E-state index contributed by atoms with van der Waals surface area (Å²) in [7, 11) is 0. The fraction of sp³-hybridized carbons (Fsp3) is 0.276. The number of pyridine rings is 1. The lowest BCUT2D eigenvalue weighted by atomic mass is 9.94. The first-order valence-electron chi connectivity index (χ1n) is 12.4. The third-order valence-corrected chi connectivity index (χ3v) is 6.39. The van der Waals surface area contributed by atoms with Gasteiger partial charge in [0.2, 0.25) is 11.8 Å². The standard InChI is InChI=1S/C29H33N5O2/c30-25-8-4-5-9-26(25)34-27(35)15-12-21-10-13-23(14-11-21)28(32-20-22-16-18-31-19-17-22)29(36)33-24-6-2-1-3-7-24/h4-5,8-19,24,28,32H,1-3,6-7,20,30H2,(H,33,36)(H,34,35). The van der Waals surface area contributed by atoms with E-state index in [0.29, 0.717) is 17.9 Å². The van der Waals surface area contributed by atoms with Gasteiger partial charge in [0.15, 0.2) is 0 Å². The van der Waals surface area contributed by atoms with E-state index < -0.39 is 6.04 Å². The van der Waals surface area contributed by atoms with Crippen LogP contribution < -0.4 is 21.7 Å². The quantitative estimate of drug-likeness (QED) is 0.263. The van der Waals surface area contributed by atoms with Crippen LogP contribution in [-0.2, 0) is 16.1 Å². The maximum Gasteiger partial charge on any atom is 0.248 e. The molecule has 2 amide bonds. The Morgan fingerprint density at radius 2 is 1.69 bits per heavy atom. The van der Waals surface area contributed by atoms with Crippen molar-refractivity contribution in [3.63, 3.8) is 0 Å². The number of aromatic nitrogens is 1. The summed E-state index contributed by atoms with van der Waals surface area (Å²) in [6.45, 7) is 0.551. The Balaban J connectivity index is 1.43. The van der Waals surface area contributed by atoms with Gasteiger partial charge in [-0.15, -0.1) is 0 Å². The molecule has 1 aliphatic rings. The predicted molar refractivity (Wildman–Crippen MR) is 144 cm³/mol. The Bertz CT molecular complexity index is 1170. The van der Waals surface area contributed by atoms with Crippen LogP contribution in [0, 0.1) is 0 Å². The lowest BCUT2D eigenvalue weighted by Crippen LogP contribution is -2.43. The van der Waals surface area contributed by atoms with E-state index in [1.165, 1.54) is 12.5 Å². The lowest BCUT2D eigenvalue weighted by Gasteiger charge is -2.26. The number of nitrogens with one attached hydrogen (secondary N) is 3. The SMILES string of the molecule is Nc1ccccc1NC(=O)C=Cc1ccc(C(NCc2ccncc2)C(=O)NC2CCCCC2)cc1. The zero-order valence-electron chi connectivity index (χ0n) is 20.3. The van der Waals surface area contributed by atoms with Gasteiger partial charge in [-0.1, -0.05) is 55.7 Å². The van der Waals surface area contributed by atoms with Gasteiger partial charge in [-0.2, -0.15) is 0 Å². The molecule has 5 N–H and O–H groups in total. The number of amides is 2. The largest absolute Gasteiger partial charge is 0.397 e. The number of hydrogen-bond donors (Lipinski definition) is 4. The molecular formula is C29H33N5O2. The molecule has 1 atom stereocenters. The highest BCUT2D eigenvalue weighted by Crippen LogP contribution is 2.21. The van der Waals surface area contributed by atoms with Crippen LogP contribution in [0.15, 0.2) is 79.1 Å². The van der Waals surface area contributed by atoms with Crippen LogP contribution in [0.3, 0.4) is 0 Å². The Kier molecular flexibility index (Phi) is 8.83. The van der Waals surface area contributed by atoms with Crippen molar-refractivity contribution in [2.45, 2.75) is 50.7 Å². The molecule has 186 valence electrons. The molecule has 4 rings (SSSR count). The molecule has 36 heavy (non-hydrogen) atoms. The average Bonchev–Trinajstić information content (AvgIpc) is 2.91. The molecule has 2 aromatic carbocycles. The number of nitrogens with zero attached hydrogens (tertiary/aromatic N) is 1. The van der Waals surface area contributed by atoms with Crippen molar-refractivity contribution < 1.29 is 9.59 Å². The first-order valence-corrected chi connectivity index (χ1v) is 12.4. The second-order valence-corrected chi connectivity index (χ2v) is 9.09. The summed E-state index contributed by atoms with van der Waals surface area (Å²) >= 11 is 0. The fourth-order valence-corrected chi connectivity index (χ4v) is 4.37. The summed E-state index contributed by atoms with van der Waals surface area (Å²) < 4.78 is 0. The highest BCUT2D eigenvalue weighted by atomic mass is 16.2. The van der Waals surface area contributed by atoms with Crippen LogP contribution in [0.5, 0.6) is 0 Å². The average molecular weight is 484 g/mol. The third kappa shape index (κ3) is 7.26. The normalized spacial score (nSPS) is 14.9. The van der Waals surface area contributed by atoms with E-state index in [2.05, 4.69) is 20.9 Å². The van der Waals surface area contributed by atoms with Crippen molar-refractivity contribution in [3.8, 4) is 0 Å². The van der Waals surface area contributed by atoms with E-state index in [1.54, 1.807) is 30.6 Å². The van der Waals surface area contributed by atoms with Crippen molar-refractivity contribution in [2.24, 2.45) is 0 Å². The Labute approximate surface area is 212 Å². The van der Waals surface area contributed by atoms with Crippen molar-refractivity contribution in [1.29, 1.82) is 0 Å². The molecule has 0 saturated heterocycles. The van der Waals surface area contributed by atoms with E-state index >= 15 is 0 Å². The second-order valence-electron chi connectivity index (χ2n) is 9.09. The molecule has 0 bridgehead atoms. The van der Waals surface area contributed by atoms with Crippen LogP contribution in [0.1, 0.15) is 54.8 Å². The van der Waals surface area contributed by atoms with Crippen molar-refractivity contribution in [3.05, 3.63) is 95.8 Å². The van der Waals surface area contributed by atoms with E-state index in [-0.39, 0.29) is 17.9 Å². The fourth-order valence-electron chi connectivity index (χ4n) is 4.37. The highest BCUT2D eigenvalue weighted by molar-refractivity contribution is 6.03. The molecule has 1 saturated carbocycles. The second kappa shape index (κ2) is 12.7. The third-order valence-electron chi connectivity index (χ3n) is 6.39. The van der Waals surface area contributed by atoms with E-state index in [0.717, 1.165) is 42.4 Å². The van der Waals surface area contributed by atoms with E-state index in [1.807, 2.05) is 48.5 Å². The number of rotatable bonds is 9. The van der Waals surface area contributed by atoms with Gasteiger partial charge in [-0.05, 0) is 59.9 Å². The monoisotopic (exact) mass is 483 g/mol. The number of carbonyl (C=O) groups is 2. The number of nitrogen functional groups attached to an aromatic ring is 1. The Morgan fingerprint density at radius 3 is 2.42 bits per heavy atom. The molecule has 1 unspecified atom stereocenters. The maximum absolute atomic E-state index is 13.3. The lowest BCUT2D eigenvalue weighted by molar-refractivity contribution is -0.124. The van der Waals surface area contributed by atoms with E-state index in [9.17, 15) is 9.59 Å². The number of nitrogens with two attached hydrogens (primary N) is 1. The topological polar surface area (TPSA) is 109 Å². The number of hydrogen-bond acceptors (Lipinski definition) is 5. The highest BCUT2D eigenvalue weighted by Gasteiger charge is 2.24. The van der Waals surface area contributed by atoms with Crippen LogP contribution in [0.2, 0.25) is 0 Å². The molecule has 7 heteroatoms. The van der Waals surface area contributed by atoms with Gasteiger partial charge in [0.05, 0.1) is 11.4 Å². The summed E-state index contributed by atoms with van der Waals surface area (Å²) in [5, 5.41) is 9.43. The maximum atomic E-state index is 13.3. The number of para-hydroxylation sites is 2. The minimum atomic E-state index is -0.484. The van der Waals surface area contributed by atoms with Gasteiger partial charge in [-0.25, -0.2) is 0 Å². The van der Waals surface area contributed by atoms with Crippen LogP contribution >= 0.6 is 0 Å². The minimum absolute atomic E-state index is 0.0147. The number of anilines is 2. The van der Waals surface area contributed by atoms with Gasteiger partial charge in [0.1, 0.15) is 6.04 Å². The molecular weight excluding hydrogens is 450 g/mol. The van der Waals surface area contributed by atoms with Crippen molar-refractivity contribution >= 4 is 29.3 Å². The van der Waals surface area contributed by atoms with Gasteiger partial charge in [-0.3, -0.25) is 19.9 Å². The summed E-state index contributed by atoms with van der Waals surface area (Å²) in [6.07, 6.45) is 12.3. The first-order chi connectivity index (χ1) is 17.6. The molecule has 1 aromatic heterocycles. The minimum Gasteiger partial charge on any atom is -0.397 e. The first kappa shape index (κ1) is 25.1. The molecule has 1 heterocycles. The summed E-state index contributed by atoms with van der Waals surface area (Å²) in [5.74, 6) is -0.278. The smallest absolute Gasteiger partial charge is 0.248 e. The number of benzene rings is 2. The van der Waals surface area contributed by atoms with Gasteiger partial charge in [0.25, 0.3) is 0 Å². The number of carbonyl (C=O) groups excluding carboxylic acids is 2. The Hall–Kier alpha value is -3.97. The molecule has 0 aliphatic heterocycles. The van der Waals surface area contributed by atoms with Crippen LogP contribution in [-0.4, -0.2) is 22.8 Å². The van der Waals surface area contributed by atoms with Gasteiger partial charge >= 0.3 is 0 Å². The molecule has 1 fully saturated rings. The predicted octanol–water partition coefficient (Wildman–Crippen LogP) is 4.60. The zero-order valence-corrected chi connectivity index (χ0v) is 20.3. The zero-order chi connectivity index (χ0) is 25.2. The summed E-state index contributed by atoms with van der Waals surface area (Å²) in [5.41, 5.74) is 9.77. The van der Waals surface area contributed by atoms with Crippen LogP contribution in [0.25, 0.3) is 6.08 Å². The summed E-state index contributed by atoms with van der Waals surface area (Å²) in [4.78, 5) is 29.6. The molecule has 0 spiro atoms. The molecule has 7 nitrogen and oxygen atoms in total. The molecule has 3 aromatic rings. The molecule has 1 aliphatic carbocycles. The van der Waals surface area contributed by atoms with Crippen molar-refractivity contribution in [2.75, 3.05) is 11.1 Å². The van der Waals surface area contributed by atoms with Gasteiger partial charge in [0, 0.05) is 31.1 Å². The van der Waals surface area contributed by atoms with Crippen molar-refractivity contribution in [1.82, 2.24) is 15.6 Å². The van der Waals surface area contributed by atoms with Crippen LogP contribution in [0.4, 0.5) is 11.4 Å². The molecule has 0 radical (unpaired) electrons. The Morgan fingerprint density at radius 1 is 0.972 bits per heavy atom. The van der Waals surface area contributed by atoms with Gasteiger partial charge < -0.3 is 16.4 Å². The van der Waals surface area contributed by atoms with E-state index in [4.69, 9.17) is 5.73 Å². The summed E-state index contributed by atoms with van der Waals surface area (Å²) in [6, 6.07) is 18.4.